The Morgan fingerprint density at radius 2 is 1.26 bits per heavy atom. The molecular weight excluding hydrogens is 502 g/mol. The van der Waals surface area contributed by atoms with Gasteiger partial charge in [-0.3, -0.25) is 9.59 Å². The van der Waals surface area contributed by atoms with Crippen LogP contribution < -0.4 is 0 Å². The highest BCUT2D eigenvalue weighted by Gasteiger charge is 2.64. The normalized spacial score (nSPS) is 23.1. The van der Waals surface area contributed by atoms with E-state index in [1.54, 1.807) is 0 Å². The minimum atomic E-state index is -4.51. The average molecular weight is 523 g/mol. The van der Waals surface area contributed by atoms with Crippen LogP contribution in [0, 0.1) is 23.7 Å². The zero-order valence-corrected chi connectivity index (χ0v) is 18.9. The Morgan fingerprint density at radius 3 is 1.74 bits per heavy atom. The van der Waals surface area contributed by atoms with Gasteiger partial charge < -0.3 is 9.47 Å². The number of ether oxygens (including phenoxy) is 2. The van der Waals surface area contributed by atoms with Crippen molar-refractivity contribution in [3.63, 3.8) is 0 Å². The van der Waals surface area contributed by atoms with Crippen LogP contribution in [0.15, 0.2) is 48.5 Å². The van der Waals surface area contributed by atoms with Gasteiger partial charge in [-0.15, -0.1) is 12.4 Å². The van der Waals surface area contributed by atoms with E-state index in [2.05, 4.69) is 0 Å². The van der Waals surface area contributed by atoms with Gasteiger partial charge in [-0.1, -0.05) is 24.3 Å². The second-order valence-corrected chi connectivity index (χ2v) is 8.56. The first-order chi connectivity index (χ1) is 15.9. The van der Waals surface area contributed by atoms with E-state index in [1.165, 1.54) is 24.3 Å². The molecule has 4 nitrogen and oxygen atoms in total. The Labute approximate surface area is 203 Å². The number of benzene rings is 2. The predicted molar refractivity (Wildman–Crippen MR) is 113 cm³/mol. The van der Waals surface area contributed by atoms with Gasteiger partial charge in [0.15, 0.2) is 0 Å². The fourth-order valence-corrected chi connectivity index (χ4v) is 4.68. The molecule has 0 spiro atoms. The molecule has 0 aliphatic heterocycles. The summed E-state index contributed by atoms with van der Waals surface area (Å²) in [5, 5.41) is 0. The van der Waals surface area contributed by atoms with Crippen LogP contribution in [0.1, 0.15) is 35.1 Å². The number of rotatable bonds is 6. The van der Waals surface area contributed by atoms with Crippen LogP contribution in [0.2, 0.25) is 0 Å². The number of carbonyl (C=O) groups is 2. The molecule has 4 rings (SSSR count). The monoisotopic (exact) mass is 522 g/mol. The molecule has 11 heteroatoms. The summed E-state index contributed by atoms with van der Waals surface area (Å²) in [5.74, 6) is -2.63. The molecule has 0 amide bonds. The third kappa shape index (κ3) is 6.09. The molecule has 2 fully saturated rings. The van der Waals surface area contributed by atoms with Crippen molar-refractivity contribution in [2.75, 3.05) is 0 Å². The van der Waals surface area contributed by atoms with Gasteiger partial charge >= 0.3 is 24.3 Å². The third-order valence-electron chi connectivity index (χ3n) is 6.35. The van der Waals surface area contributed by atoms with Crippen LogP contribution in [0.4, 0.5) is 26.3 Å². The molecule has 0 saturated heterocycles. The van der Waals surface area contributed by atoms with E-state index in [-0.39, 0.29) is 48.6 Å². The largest absolute Gasteiger partial charge is 0.461 e. The molecule has 0 bridgehead atoms. The van der Waals surface area contributed by atoms with Crippen LogP contribution in [0.3, 0.4) is 0 Å². The van der Waals surface area contributed by atoms with Gasteiger partial charge in [-0.25, -0.2) is 0 Å². The van der Waals surface area contributed by atoms with Crippen molar-refractivity contribution >= 4 is 24.3 Å². The van der Waals surface area contributed by atoms with Crippen LogP contribution >= 0.6 is 12.4 Å². The summed E-state index contributed by atoms with van der Waals surface area (Å²) in [6, 6.07) is 8.97. The van der Waals surface area contributed by atoms with Crippen molar-refractivity contribution in [2.24, 2.45) is 23.7 Å². The molecule has 2 aliphatic carbocycles. The lowest BCUT2D eigenvalue weighted by Crippen LogP contribution is -2.21. The number of carbonyl (C=O) groups excluding carboxylic acids is 2. The molecule has 0 aromatic heterocycles. The van der Waals surface area contributed by atoms with Crippen LogP contribution in [-0.4, -0.2) is 11.9 Å². The molecule has 4 unspecified atom stereocenters. The molecular formula is C24H21ClF6O4. The van der Waals surface area contributed by atoms with Gasteiger partial charge in [0.1, 0.15) is 13.2 Å². The van der Waals surface area contributed by atoms with Crippen molar-refractivity contribution in [1.82, 2.24) is 0 Å². The van der Waals surface area contributed by atoms with E-state index in [4.69, 9.17) is 9.47 Å². The van der Waals surface area contributed by atoms with E-state index < -0.39 is 47.3 Å². The molecule has 2 saturated carbocycles. The molecule has 190 valence electrons. The molecule has 0 radical (unpaired) electrons. The highest BCUT2D eigenvalue weighted by atomic mass is 35.5. The van der Waals surface area contributed by atoms with Gasteiger partial charge in [0.25, 0.3) is 0 Å². The van der Waals surface area contributed by atoms with Gasteiger partial charge in [0, 0.05) is 0 Å². The third-order valence-corrected chi connectivity index (χ3v) is 6.35. The lowest BCUT2D eigenvalue weighted by molar-refractivity contribution is -0.152. The Kier molecular flexibility index (Phi) is 7.74. The standard InChI is InChI=1S/C24H20F6O4.ClH/c25-23(26,27)15-5-1-3-13(9-15)11-33-21(31)18-8-7-17-19(18)20(17)22(32)34-12-14-4-2-6-16(10-14)24(28,29)30;/h1-6,9-10,17-20H,7-8,11-12H2;1H. The fraction of sp³-hybridized carbons (Fsp3) is 0.417. The lowest BCUT2D eigenvalue weighted by Gasteiger charge is -2.15. The van der Waals surface area contributed by atoms with E-state index in [0.29, 0.717) is 12.8 Å². The maximum atomic E-state index is 12.8. The first-order valence-electron chi connectivity index (χ1n) is 10.6. The molecule has 4 atom stereocenters. The highest BCUT2D eigenvalue weighted by Crippen LogP contribution is 2.61. The Morgan fingerprint density at radius 1 is 0.771 bits per heavy atom. The molecule has 0 N–H and O–H groups in total. The lowest BCUT2D eigenvalue weighted by atomic mass is 10.00. The minimum Gasteiger partial charge on any atom is -0.461 e. The van der Waals surface area contributed by atoms with Crippen LogP contribution in [-0.2, 0) is 44.6 Å². The van der Waals surface area contributed by atoms with Crippen LogP contribution in [0.25, 0.3) is 0 Å². The molecule has 2 aromatic rings. The number of hydrogen-bond donors (Lipinski definition) is 0. The summed E-state index contributed by atoms with van der Waals surface area (Å²) in [4.78, 5) is 25.0. The minimum absolute atomic E-state index is 0. The van der Waals surface area contributed by atoms with Gasteiger partial charge in [0.2, 0.25) is 0 Å². The highest BCUT2D eigenvalue weighted by molar-refractivity contribution is 5.85. The second kappa shape index (κ2) is 10.1. The molecule has 0 heterocycles. The van der Waals surface area contributed by atoms with E-state index in [1.807, 2.05) is 0 Å². The van der Waals surface area contributed by atoms with Crippen molar-refractivity contribution in [1.29, 1.82) is 0 Å². The maximum absolute atomic E-state index is 12.8. The number of hydrogen-bond acceptors (Lipinski definition) is 4. The number of alkyl halides is 6. The fourth-order valence-electron chi connectivity index (χ4n) is 4.68. The summed E-state index contributed by atoms with van der Waals surface area (Å²) in [5.41, 5.74) is -1.28. The average Bonchev–Trinajstić information content (AvgIpc) is 3.33. The van der Waals surface area contributed by atoms with E-state index in [0.717, 1.165) is 24.3 Å². The summed E-state index contributed by atoms with van der Waals surface area (Å²) < 4.78 is 87.4. The molecule has 35 heavy (non-hydrogen) atoms. The van der Waals surface area contributed by atoms with Crippen LogP contribution in [0.5, 0.6) is 0 Å². The SMILES string of the molecule is Cl.O=C(OCc1cccc(C(F)(F)F)c1)C1CCC2C(C(=O)OCc3cccc(C(F)(F)F)c3)C12. The number of fused-ring (bicyclic) bond motifs is 1. The maximum Gasteiger partial charge on any atom is 0.416 e. The van der Waals surface area contributed by atoms with Gasteiger partial charge in [0.05, 0.1) is 23.0 Å². The first-order valence-corrected chi connectivity index (χ1v) is 10.6. The van der Waals surface area contributed by atoms with E-state index in [9.17, 15) is 35.9 Å². The quantitative estimate of drug-likeness (QED) is 0.335. The van der Waals surface area contributed by atoms with E-state index >= 15 is 0 Å². The number of esters is 2. The second-order valence-electron chi connectivity index (χ2n) is 8.56. The Balaban J connectivity index is 0.00000342. The summed E-state index contributed by atoms with van der Waals surface area (Å²) in [7, 11) is 0. The predicted octanol–water partition coefficient (Wildman–Crippen LogP) is 6.20. The van der Waals surface area contributed by atoms with Crippen molar-refractivity contribution < 1.29 is 45.4 Å². The summed E-state index contributed by atoms with van der Waals surface area (Å²) in [6.45, 7) is -0.634. The topological polar surface area (TPSA) is 52.6 Å². The van der Waals surface area contributed by atoms with Crippen molar-refractivity contribution in [3.05, 3.63) is 70.8 Å². The smallest absolute Gasteiger partial charge is 0.416 e. The Hall–Kier alpha value is -2.75. The van der Waals surface area contributed by atoms with Gasteiger partial charge in [-0.2, -0.15) is 26.3 Å². The zero-order valence-electron chi connectivity index (χ0n) is 18.1. The number of halogens is 7. The first kappa shape index (κ1) is 26.8. The van der Waals surface area contributed by atoms with Crippen molar-refractivity contribution in [2.45, 2.75) is 38.4 Å². The molecule has 2 aromatic carbocycles. The van der Waals surface area contributed by atoms with Gasteiger partial charge in [-0.05, 0) is 60.1 Å². The zero-order chi connectivity index (χ0) is 24.7. The summed E-state index contributed by atoms with van der Waals surface area (Å²) in [6.07, 6.45) is -7.92. The van der Waals surface area contributed by atoms with Crippen molar-refractivity contribution in [3.8, 4) is 0 Å². The Bertz CT molecular complexity index is 1080. The molecule has 2 aliphatic rings. The summed E-state index contributed by atoms with van der Waals surface area (Å²) >= 11 is 0.